The van der Waals surface area contributed by atoms with Crippen molar-refractivity contribution in [3.63, 3.8) is 0 Å². The number of nitrogen functional groups attached to an aromatic ring is 2. The summed E-state index contributed by atoms with van der Waals surface area (Å²) in [4.78, 5) is 16.2. The van der Waals surface area contributed by atoms with Crippen molar-refractivity contribution in [3.8, 4) is 0 Å². The molecule has 4 aromatic carbocycles. The van der Waals surface area contributed by atoms with Crippen LogP contribution in [0.25, 0.3) is 0 Å². The fraction of sp³-hybridized carbons (Fsp3) is 0.194. The minimum Gasteiger partial charge on any atom is -0.478 e. The maximum atomic E-state index is 12.8. The summed E-state index contributed by atoms with van der Waals surface area (Å²) in [7, 11) is -23.2. The zero-order valence-electron chi connectivity index (χ0n) is 32.4. The van der Waals surface area contributed by atoms with E-state index in [0.29, 0.717) is 12.0 Å². The molecule has 0 fully saturated rings. The summed E-state index contributed by atoms with van der Waals surface area (Å²) in [6, 6.07) is 11.9. The molecule has 0 amide bonds. The lowest BCUT2D eigenvalue weighted by atomic mass is 10.1. The van der Waals surface area contributed by atoms with Gasteiger partial charge in [0.25, 0.3) is 10.1 Å². The predicted molar refractivity (Wildman–Crippen MR) is 225 cm³/mol. The molecule has 352 valence electrons. The van der Waals surface area contributed by atoms with Crippen LogP contribution in [-0.2, 0) is 68.2 Å². The molecule has 0 bridgehead atoms. The third kappa shape index (κ3) is 15.3. The molecule has 65 heavy (non-hydrogen) atoms. The molecule has 0 radical (unpaired) electrons. The quantitative estimate of drug-likeness (QED) is 0.0104. The van der Waals surface area contributed by atoms with E-state index >= 15 is 0 Å². The van der Waals surface area contributed by atoms with Crippen molar-refractivity contribution in [2.45, 2.75) is 19.6 Å². The lowest BCUT2D eigenvalue weighted by molar-refractivity contribution is -0.187. The Bertz CT molecular complexity index is 3080. The zero-order chi connectivity index (χ0) is 48.4. The molecule has 0 atom stereocenters. The zero-order valence-corrected chi connectivity index (χ0v) is 37.3. The Balaban J connectivity index is 1.83. The van der Waals surface area contributed by atoms with Gasteiger partial charge in [-0.2, -0.15) is 39.8 Å². The molecule has 0 saturated heterocycles. The van der Waals surface area contributed by atoms with E-state index < -0.39 is 126 Å². The second-order valence-electron chi connectivity index (χ2n) is 12.1. The fourth-order valence-electron chi connectivity index (χ4n) is 4.74. The number of hydrogen-bond donors (Lipinski definition) is 7. The van der Waals surface area contributed by atoms with Crippen LogP contribution in [0.5, 0.6) is 0 Å². The maximum Gasteiger partial charge on any atom is 0.397 e. The Morgan fingerprint density at radius 3 is 1.46 bits per heavy atom. The summed E-state index contributed by atoms with van der Waals surface area (Å²) in [5, 5.41) is 33.8. The van der Waals surface area contributed by atoms with Crippen molar-refractivity contribution in [3.05, 3.63) is 72.3 Å². The van der Waals surface area contributed by atoms with Crippen LogP contribution in [0.1, 0.15) is 10.4 Å². The van der Waals surface area contributed by atoms with E-state index in [1.54, 1.807) is 0 Å². The molecular formula is C31H33N9O19S6. The van der Waals surface area contributed by atoms with Crippen molar-refractivity contribution in [2.24, 2.45) is 36.4 Å². The highest BCUT2D eigenvalue weighted by Crippen LogP contribution is 2.49. The highest BCUT2D eigenvalue weighted by atomic mass is 32.3. The number of aromatic carboxylic acids is 1. The third-order valence-corrected chi connectivity index (χ3v) is 13.5. The summed E-state index contributed by atoms with van der Waals surface area (Å²) in [6.07, 6.45) is 0. The summed E-state index contributed by atoms with van der Waals surface area (Å²) in [6.45, 7) is -1.74. The van der Waals surface area contributed by atoms with E-state index in [2.05, 4.69) is 39.1 Å². The van der Waals surface area contributed by atoms with Gasteiger partial charge in [0.15, 0.2) is 19.7 Å². The average molecular weight is 1030 g/mol. The highest BCUT2D eigenvalue weighted by Gasteiger charge is 2.28. The third-order valence-electron chi connectivity index (χ3n) is 7.65. The lowest BCUT2D eigenvalue weighted by Gasteiger charge is -2.13. The molecule has 0 unspecified atom stereocenters. The number of rotatable bonds is 23. The molecule has 0 aliphatic heterocycles. The van der Waals surface area contributed by atoms with Crippen molar-refractivity contribution in [2.75, 3.05) is 49.3 Å². The van der Waals surface area contributed by atoms with Crippen molar-refractivity contribution >= 4 is 114 Å². The minimum absolute atomic E-state index is 0.0177. The standard InChI is InChI=1S/C31H33N9O19S6/c32-11-12-56-59-60-20-5-10-23(24(17-20)63(47,48)49)37-39-29-25(31(41)42)28(38-35-18-1-6-21(7-2-18)61(43,44)15-13-57-64(50,51)52)26(33)30(27(29)34)40-36-19-3-8-22(9-4-19)62(45,46)16-14-58-65(53,54)55/h1-10,17H,11-16,32-34H2,(H,41,42)(H,47,48,49)(H,50,51,52)(H,53,54,55)/b38-35?,39-37?,40-36-. The molecular weight excluding hydrogens is 995 g/mol. The van der Waals surface area contributed by atoms with Gasteiger partial charge in [-0.05, 0) is 66.7 Å². The average Bonchev–Trinajstić information content (AvgIpc) is 3.20. The lowest BCUT2D eigenvalue weighted by Crippen LogP contribution is -2.15. The van der Waals surface area contributed by atoms with E-state index in [1.807, 2.05) is 0 Å². The summed E-state index contributed by atoms with van der Waals surface area (Å²) in [5.41, 5.74) is 13.1. The van der Waals surface area contributed by atoms with Crippen molar-refractivity contribution in [1.29, 1.82) is 0 Å². The SMILES string of the molecule is NCCOOSc1ccc(N=Nc2c(N)c(/N=N\c3ccc(S(=O)(=O)CCOS(=O)(=O)O)cc3)c(N)c(N=Nc3ccc(S(=O)(=O)CCOS(=O)(=O)O)cc3)c2C(=O)O)c(S(=O)(=O)O)c1. The number of nitrogens with two attached hydrogens (primary N) is 3. The number of benzene rings is 4. The molecule has 0 saturated carbocycles. The van der Waals surface area contributed by atoms with Crippen LogP contribution >= 0.6 is 12.0 Å². The molecule has 4 aromatic rings. The Morgan fingerprint density at radius 2 is 1.05 bits per heavy atom. The number of nitrogens with zero attached hydrogens (tertiary/aromatic N) is 6. The first-order valence-corrected chi connectivity index (χ1v) is 25.3. The number of anilines is 2. The molecule has 28 nitrogen and oxygen atoms in total. The summed E-state index contributed by atoms with van der Waals surface area (Å²) in [5.74, 6) is -3.52. The number of sulfone groups is 2. The first kappa shape index (κ1) is 52.2. The molecule has 34 heteroatoms. The van der Waals surface area contributed by atoms with Gasteiger partial charge in [-0.1, -0.05) is 0 Å². The van der Waals surface area contributed by atoms with Crippen molar-refractivity contribution in [1.82, 2.24) is 0 Å². The number of carboxylic acid groups (broad SMARTS) is 1. The largest absolute Gasteiger partial charge is 0.478 e. The first-order valence-electron chi connectivity index (χ1n) is 17.1. The molecule has 0 spiro atoms. The summed E-state index contributed by atoms with van der Waals surface area (Å²) < 4.78 is 159. The van der Waals surface area contributed by atoms with Crippen LogP contribution in [0.4, 0.5) is 45.5 Å². The van der Waals surface area contributed by atoms with Crippen LogP contribution in [0.3, 0.4) is 0 Å². The van der Waals surface area contributed by atoms with E-state index in [-0.39, 0.29) is 39.2 Å². The molecule has 4 rings (SSSR count). The van der Waals surface area contributed by atoms with Gasteiger partial charge in [-0.25, -0.2) is 34.9 Å². The van der Waals surface area contributed by atoms with E-state index in [1.165, 1.54) is 6.07 Å². The number of carboxylic acids is 1. The predicted octanol–water partition coefficient (Wildman–Crippen LogP) is 4.14. The smallest absolute Gasteiger partial charge is 0.397 e. The van der Waals surface area contributed by atoms with E-state index in [4.69, 9.17) is 35.5 Å². The molecule has 0 aromatic heterocycles. The Hall–Kier alpha value is -5.47. The van der Waals surface area contributed by atoms with Crippen molar-refractivity contribution < 1.29 is 83.2 Å². The summed E-state index contributed by atoms with van der Waals surface area (Å²) >= 11 is 0.537. The van der Waals surface area contributed by atoms with Gasteiger partial charge in [0.2, 0.25) is 0 Å². The maximum absolute atomic E-state index is 12.8. The Kier molecular flexibility index (Phi) is 17.4. The van der Waals surface area contributed by atoms with Gasteiger partial charge in [-0.15, -0.1) is 20.5 Å². The fourth-order valence-corrected chi connectivity index (χ4v) is 8.93. The normalized spacial score (nSPS) is 13.0. The van der Waals surface area contributed by atoms with Gasteiger partial charge in [0.05, 0.1) is 75.9 Å². The Labute approximate surface area is 373 Å². The topological polar surface area (TPSA) is 458 Å². The van der Waals surface area contributed by atoms with Crippen LogP contribution in [0.15, 0.2) is 117 Å². The molecule has 0 heterocycles. The number of azo groups is 3. The van der Waals surface area contributed by atoms with E-state index in [0.717, 1.165) is 60.7 Å². The first-order chi connectivity index (χ1) is 30.2. The number of carbonyl (C=O) groups is 1. The van der Waals surface area contributed by atoms with Gasteiger partial charge in [-0.3, -0.25) is 13.7 Å². The second kappa shape index (κ2) is 21.7. The van der Waals surface area contributed by atoms with Crippen LogP contribution in [0.2, 0.25) is 0 Å². The minimum atomic E-state index is -5.05. The van der Waals surface area contributed by atoms with Gasteiger partial charge in [0.1, 0.15) is 33.2 Å². The van der Waals surface area contributed by atoms with Crippen LogP contribution < -0.4 is 17.2 Å². The monoisotopic (exact) mass is 1030 g/mol. The molecule has 0 aliphatic carbocycles. The van der Waals surface area contributed by atoms with Crippen LogP contribution in [0, 0.1) is 0 Å². The molecule has 0 aliphatic rings. The van der Waals surface area contributed by atoms with Gasteiger partial charge < -0.3 is 22.3 Å². The van der Waals surface area contributed by atoms with Gasteiger partial charge >= 0.3 is 26.8 Å². The second-order valence-corrected chi connectivity index (χ2v) is 20.7. The number of hydrogen-bond acceptors (Lipinski definition) is 25. The molecule has 10 N–H and O–H groups in total. The van der Waals surface area contributed by atoms with Gasteiger partial charge in [0, 0.05) is 11.4 Å². The van der Waals surface area contributed by atoms with E-state index in [9.17, 15) is 56.5 Å². The van der Waals surface area contributed by atoms with Crippen LogP contribution in [-0.4, -0.2) is 105 Å². The highest BCUT2D eigenvalue weighted by molar-refractivity contribution is 7.94. The Morgan fingerprint density at radius 1 is 0.600 bits per heavy atom.